The third kappa shape index (κ3) is 2.76. The zero-order valence-electron chi connectivity index (χ0n) is 10.1. The highest BCUT2D eigenvalue weighted by Crippen LogP contribution is 2.33. The molecule has 1 atom stereocenters. The number of sulfone groups is 1. The van der Waals surface area contributed by atoms with Crippen LogP contribution < -0.4 is 4.90 Å². The van der Waals surface area contributed by atoms with Crippen molar-refractivity contribution < 1.29 is 8.42 Å². The Hall–Kier alpha value is -0.450. The van der Waals surface area contributed by atoms with Gasteiger partial charge in [0.2, 0.25) is 0 Å². The van der Waals surface area contributed by atoms with Crippen molar-refractivity contribution in [2.24, 2.45) is 0 Å². The maximum atomic E-state index is 11.5. The van der Waals surface area contributed by atoms with E-state index in [9.17, 15) is 8.42 Å². The molecule has 6 heteroatoms. The normalized spacial score (nSPS) is 22.1. The van der Waals surface area contributed by atoms with Gasteiger partial charge in [-0.25, -0.2) is 8.42 Å². The Bertz CT molecular complexity index is 545. The first kappa shape index (κ1) is 14.0. The minimum Gasteiger partial charge on any atom is -0.369 e. The van der Waals surface area contributed by atoms with Crippen molar-refractivity contribution in [2.45, 2.75) is 18.3 Å². The van der Waals surface area contributed by atoms with Crippen LogP contribution in [-0.4, -0.2) is 33.0 Å². The summed E-state index contributed by atoms with van der Waals surface area (Å²) in [7, 11) is -1.02. The Kier molecular flexibility index (Phi) is 4.09. The highest BCUT2D eigenvalue weighted by molar-refractivity contribution is 7.91. The van der Waals surface area contributed by atoms with Crippen LogP contribution in [0.1, 0.15) is 12.0 Å². The Morgan fingerprint density at radius 2 is 2.17 bits per heavy atom. The fourth-order valence-electron chi connectivity index (χ4n) is 2.33. The van der Waals surface area contributed by atoms with Gasteiger partial charge in [-0.1, -0.05) is 23.7 Å². The number of benzene rings is 1. The molecule has 1 unspecified atom stereocenters. The van der Waals surface area contributed by atoms with E-state index in [2.05, 4.69) is 0 Å². The summed E-state index contributed by atoms with van der Waals surface area (Å²) in [6.45, 7) is 0. The molecule has 1 saturated heterocycles. The van der Waals surface area contributed by atoms with E-state index in [1.165, 1.54) is 0 Å². The van der Waals surface area contributed by atoms with Gasteiger partial charge in [0.15, 0.2) is 9.84 Å². The molecule has 0 amide bonds. The van der Waals surface area contributed by atoms with Gasteiger partial charge < -0.3 is 4.90 Å². The van der Waals surface area contributed by atoms with E-state index in [4.69, 9.17) is 23.2 Å². The summed E-state index contributed by atoms with van der Waals surface area (Å²) < 4.78 is 23.1. The molecule has 1 aliphatic heterocycles. The van der Waals surface area contributed by atoms with E-state index in [-0.39, 0.29) is 17.5 Å². The smallest absolute Gasteiger partial charge is 0.152 e. The molecule has 0 aliphatic carbocycles. The zero-order chi connectivity index (χ0) is 13.3. The Balaban J connectivity index is 2.32. The standard InChI is InChI=1S/C12H15Cl2NO2S/c1-15(10-5-6-18(16,17)8-10)12-9(7-13)3-2-4-11(12)14/h2-4,10H,5-8H2,1H3. The molecule has 1 fully saturated rings. The predicted octanol–water partition coefficient (Wildman–Crippen LogP) is 2.70. The lowest BCUT2D eigenvalue weighted by atomic mass is 10.1. The van der Waals surface area contributed by atoms with Gasteiger partial charge in [-0.3, -0.25) is 0 Å². The van der Waals surface area contributed by atoms with Gasteiger partial charge >= 0.3 is 0 Å². The minimum absolute atomic E-state index is 0.0168. The molecule has 1 aromatic carbocycles. The Labute approximate surface area is 118 Å². The number of rotatable bonds is 3. The molecule has 1 heterocycles. The van der Waals surface area contributed by atoms with Crippen molar-refractivity contribution >= 4 is 38.7 Å². The molecule has 100 valence electrons. The molecular formula is C12H15Cl2NO2S. The molecule has 0 bridgehead atoms. The first-order chi connectivity index (χ1) is 8.44. The summed E-state index contributed by atoms with van der Waals surface area (Å²) in [5, 5.41) is 0.611. The third-order valence-corrected chi connectivity index (χ3v) is 5.67. The van der Waals surface area contributed by atoms with Crippen LogP contribution in [0.5, 0.6) is 0 Å². The predicted molar refractivity (Wildman–Crippen MR) is 76.5 cm³/mol. The monoisotopic (exact) mass is 307 g/mol. The number of alkyl halides is 1. The van der Waals surface area contributed by atoms with Gasteiger partial charge in [0.1, 0.15) is 0 Å². The highest BCUT2D eigenvalue weighted by Gasteiger charge is 2.32. The largest absolute Gasteiger partial charge is 0.369 e. The fourth-order valence-corrected chi connectivity index (χ4v) is 4.64. The molecule has 0 spiro atoms. The lowest BCUT2D eigenvalue weighted by Crippen LogP contribution is -2.33. The summed E-state index contributed by atoms with van der Waals surface area (Å²) in [5.74, 6) is 0.804. The Morgan fingerprint density at radius 1 is 1.44 bits per heavy atom. The van der Waals surface area contributed by atoms with Crippen LogP contribution in [0.4, 0.5) is 5.69 Å². The molecule has 0 radical (unpaired) electrons. The van der Waals surface area contributed by atoms with E-state index >= 15 is 0 Å². The average Bonchev–Trinajstić information content (AvgIpc) is 2.68. The molecule has 1 aliphatic rings. The SMILES string of the molecule is CN(c1c(Cl)cccc1CCl)C1CCS(=O)(=O)C1. The molecule has 0 saturated carbocycles. The maximum absolute atomic E-state index is 11.5. The minimum atomic E-state index is -2.90. The van der Waals surface area contributed by atoms with Crippen molar-refractivity contribution in [3.05, 3.63) is 28.8 Å². The van der Waals surface area contributed by atoms with Crippen LogP contribution >= 0.6 is 23.2 Å². The first-order valence-electron chi connectivity index (χ1n) is 5.71. The zero-order valence-corrected chi connectivity index (χ0v) is 12.4. The summed E-state index contributed by atoms with van der Waals surface area (Å²) >= 11 is 12.1. The molecule has 18 heavy (non-hydrogen) atoms. The third-order valence-electron chi connectivity index (χ3n) is 3.32. The van der Waals surface area contributed by atoms with E-state index < -0.39 is 9.84 Å². The van der Waals surface area contributed by atoms with Crippen LogP contribution in [-0.2, 0) is 15.7 Å². The van der Waals surface area contributed by atoms with Crippen molar-refractivity contribution in [3.8, 4) is 0 Å². The van der Waals surface area contributed by atoms with Crippen LogP contribution in [0.25, 0.3) is 0 Å². The molecule has 0 aromatic heterocycles. The quantitative estimate of drug-likeness (QED) is 0.806. The van der Waals surface area contributed by atoms with Gasteiger partial charge in [0.25, 0.3) is 0 Å². The lowest BCUT2D eigenvalue weighted by molar-refractivity contribution is 0.601. The van der Waals surface area contributed by atoms with Gasteiger partial charge in [0, 0.05) is 19.0 Å². The summed E-state index contributed by atoms with van der Waals surface area (Å²) in [6, 6.07) is 5.54. The van der Waals surface area contributed by atoms with Gasteiger partial charge in [0.05, 0.1) is 22.2 Å². The van der Waals surface area contributed by atoms with E-state index in [0.29, 0.717) is 17.3 Å². The second-order valence-corrected chi connectivity index (χ2v) is 7.45. The van der Waals surface area contributed by atoms with Gasteiger partial charge in [-0.2, -0.15) is 0 Å². The first-order valence-corrected chi connectivity index (χ1v) is 8.44. The second-order valence-electron chi connectivity index (χ2n) is 4.55. The number of hydrogen-bond donors (Lipinski definition) is 0. The number of hydrogen-bond acceptors (Lipinski definition) is 3. The number of halogens is 2. The van der Waals surface area contributed by atoms with E-state index in [1.54, 1.807) is 6.07 Å². The topological polar surface area (TPSA) is 37.4 Å². The van der Waals surface area contributed by atoms with Crippen LogP contribution in [0.3, 0.4) is 0 Å². The van der Waals surface area contributed by atoms with Crippen LogP contribution in [0, 0.1) is 0 Å². The van der Waals surface area contributed by atoms with Crippen LogP contribution in [0.15, 0.2) is 18.2 Å². The van der Waals surface area contributed by atoms with Gasteiger partial charge in [-0.15, -0.1) is 11.6 Å². The second kappa shape index (κ2) is 5.27. The average molecular weight is 308 g/mol. The summed E-state index contributed by atoms with van der Waals surface area (Å²) in [5.41, 5.74) is 1.77. The van der Waals surface area contributed by atoms with Crippen molar-refractivity contribution in [1.82, 2.24) is 0 Å². The Morgan fingerprint density at radius 3 is 2.72 bits per heavy atom. The molecule has 1 aromatic rings. The van der Waals surface area contributed by atoms with Crippen LogP contribution in [0.2, 0.25) is 5.02 Å². The summed E-state index contributed by atoms with van der Waals surface area (Å²) in [4.78, 5) is 1.95. The van der Waals surface area contributed by atoms with E-state index in [1.807, 2.05) is 24.1 Å². The molecule has 2 rings (SSSR count). The molecule has 0 N–H and O–H groups in total. The molecule has 3 nitrogen and oxygen atoms in total. The van der Waals surface area contributed by atoms with Crippen molar-refractivity contribution in [1.29, 1.82) is 0 Å². The number of para-hydroxylation sites is 1. The lowest BCUT2D eigenvalue weighted by Gasteiger charge is -2.28. The van der Waals surface area contributed by atoms with Crippen molar-refractivity contribution in [3.63, 3.8) is 0 Å². The highest BCUT2D eigenvalue weighted by atomic mass is 35.5. The maximum Gasteiger partial charge on any atom is 0.152 e. The number of nitrogens with zero attached hydrogens (tertiary/aromatic N) is 1. The molecular weight excluding hydrogens is 293 g/mol. The number of anilines is 1. The summed E-state index contributed by atoms with van der Waals surface area (Å²) in [6.07, 6.45) is 0.645. The van der Waals surface area contributed by atoms with Crippen molar-refractivity contribution in [2.75, 3.05) is 23.5 Å². The van der Waals surface area contributed by atoms with E-state index in [0.717, 1.165) is 11.3 Å². The fraction of sp³-hybridized carbons (Fsp3) is 0.500. The van der Waals surface area contributed by atoms with Gasteiger partial charge in [-0.05, 0) is 18.1 Å².